The molecule has 0 aliphatic heterocycles. The number of aromatic nitrogens is 2. The van der Waals surface area contributed by atoms with Crippen molar-refractivity contribution in [1.29, 1.82) is 0 Å². The minimum absolute atomic E-state index is 0.0318. The maximum Gasteiger partial charge on any atom is 0.435 e. The first-order valence-electron chi connectivity index (χ1n) is 5.44. The third-order valence-electron chi connectivity index (χ3n) is 2.55. The van der Waals surface area contributed by atoms with Gasteiger partial charge in [0, 0.05) is 11.9 Å². The van der Waals surface area contributed by atoms with E-state index in [1.165, 1.54) is 25.3 Å². The lowest BCUT2D eigenvalue weighted by Gasteiger charge is -2.09. The molecular formula is C12H10F3N3O2. The Bertz CT molecular complexity index is 650. The Morgan fingerprint density at radius 2 is 2.05 bits per heavy atom. The summed E-state index contributed by atoms with van der Waals surface area (Å²) in [5.41, 5.74) is 4.98. The summed E-state index contributed by atoms with van der Waals surface area (Å²) in [5, 5.41) is 3.40. The molecule has 0 aliphatic rings. The zero-order chi connectivity index (χ0) is 14.9. The lowest BCUT2D eigenvalue weighted by Crippen LogP contribution is -2.11. The molecule has 0 atom stereocenters. The van der Waals surface area contributed by atoms with Crippen molar-refractivity contribution < 1.29 is 22.7 Å². The highest BCUT2D eigenvalue weighted by atomic mass is 19.4. The van der Waals surface area contributed by atoms with Gasteiger partial charge in [-0.1, -0.05) is 0 Å². The van der Waals surface area contributed by atoms with Crippen molar-refractivity contribution in [3.63, 3.8) is 0 Å². The average Bonchev–Trinajstić information content (AvgIpc) is 2.87. The second-order valence-corrected chi connectivity index (χ2v) is 3.91. The number of ether oxygens (including phenoxy) is 1. The van der Waals surface area contributed by atoms with E-state index in [0.717, 1.165) is 16.9 Å². The summed E-state index contributed by atoms with van der Waals surface area (Å²) >= 11 is 0. The molecule has 8 heteroatoms. The molecule has 1 aromatic carbocycles. The highest BCUT2D eigenvalue weighted by Crippen LogP contribution is 2.28. The van der Waals surface area contributed by atoms with Crippen molar-refractivity contribution in [2.75, 3.05) is 12.8 Å². The van der Waals surface area contributed by atoms with E-state index >= 15 is 0 Å². The fourth-order valence-electron chi connectivity index (χ4n) is 1.64. The molecule has 106 valence electrons. The number of carbonyl (C=O) groups is 1. The van der Waals surface area contributed by atoms with Gasteiger partial charge in [-0.2, -0.15) is 18.3 Å². The number of hydrogen-bond donors (Lipinski definition) is 1. The van der Waals surface area contributed by atoms with E-state index < -0.39 is 17.8 Å². The molecule has 0 amide bonds. The van der Waals surface area contributed by atoms with Gasteiger partial charge in [0.15, 0.2) is 5.69 Å². The van der Waals surface area contributed by atoms with Gasteiger partial charge < -0.3 is 10.5 Å². The second kappa shape index (κ2) is 4.87. The number of anilines is 1. The molecule has 0 saturated heterocycles. The summed E-state index contributed by atoms with van der Waals surface area (Å²) in [6.45, 7) is 0. The predicted molar refractivity (Wildman–Crippen MR) is 64.3 cm³/mol. The van der Waals surface area contributed by atoms with E-state index in [2.05, 4.69) is 9.84 Å². The predicted octanol–water partition coefficient (Wildman–Crippen LogP) is 2.26. The minimum atomic E-state index is -4.55. The maximum atomic E-state index is 12.5. The van der Waals surface area contributed by atoms with E-state index in [1.807, 2.05) is 0 Å². The van der Waals surface area contributed by atoms with E-state index in [-0.39, 0.29) is 16.9 Å². The van der Waals surface area contributed by atoms with Crippen LogP contribution < -0.4 is 5.73 Å². The standard InChI is InChI=1S/C12H10F3N3O2/c1-20-11(19)8-6-7(16)2-3-9(8)18-5-4-10(17-18)12(13,14)15/h2-6H,16H2,1H3. The van der Waals surface area contributed by atoms with Gasteiger partial charge in [0.1, 0.15) is 0 Å². The Morgan fingerprint density at radius 1 is 1.35 bits per heavy atom. The van der Waals surface area contributed by atoms with E-state index in [0.29, 0.717) is 0 Å². The van der Waals surface area contributed by atoms with Gasteiger partial charge in [0.25, 0.3) is 0 Å². The molecule has 1 heterocycles. The molecule has 0 unspecified atom stereocenters. The Kier molecular flexibility index (Phi) is 3.39. The highest BCUT2D eigenvalue weighted by Gasteiger charge is 2.33. The van der Waals surface area contributed by atoms with Crippen LogP contribution in [0.4, 0.5) is 18.9 Å². The Balaban J connectivity index is 2.52. The van der Waals surface area contributed by atoms with Crippen LogP contribution in [-0.4, -0.2) is 22.9 Å². The van der Waals surface area contributed by atoms with Crippen LogP contribution in [0.15, 0.2) is 30.5 Å². The number of halogens is 3. The van der Waals surface area contributed by atoms with Gasteiger partial charge in [-0.25, -0.2) is 9.48 Å². The van der Waals surface area contributed by atoms with Gasteiger partial charge in [-0.15, -0.1) is 0 Å². The molecule has 0 saturated carbocycles. The van der Waals surface area contributed by atoms with Crippen LogP contribution in [0.3, 0.4) is 0 Å². The number of benzene rings is 1. The first-order chi connectivity index (χ1) is 9.32. The summed E-state index contributed by atoms with van der Waals surface area (Å²) < 4.78 is 43.1. The van der Waals surface area contributed by atoms with Crippen molar-refractivity contribution in [2.45, 2.75) is 6.18 Å². The highest BCUT2D eigenvalue weighted by molar-refractivity contribution is 5.94. The number of nitrogen functional groups attached to an aromatic ring is 1. The summed E-state index contributed by atoms with van der Waals surface area (Å²) in [7, 11) is 1.17. The largest absolute Gasteiger partial charge is 0.465 e. The molecule has 0 radical (unpaired) electrons. The molecule has 5 nitrogen and oxygen atoms in total. The number of alkyl halides is 3. The Labute approximate surface area is 111 Å². The zero-order valence-electron chi connectivity index (χ0n) is 10.3. The number of rotatable bonds is 2. The monoisotopic (exact) mass is 285 g/mol. The SMILES string of the molecule is COC(=O)c1cc(N)ccc1-n1ccc(C(F)(F)F)n1. The molecule has 20 heavy (non-hydrogen) atoms. The molecule has 2 rings (SSSR count). The van der Waals surface area contributed by atoms with E-state index in [4.69, 9.17) is 5.73 Å². The fourth-order valence-corrected chi connectivity index (χ4v) is 1.64. The molecule has 0 bridgehead atoms. The van der Waals surface area contributed by atoms with Crippen molar-refractivity contribution in [2.24, 2.45) is 0 Å². The number of esters is 1. The van der Waals surface area contributed by atoms with Crippen molar-refractivity contribution in [3.8, 4) is 5.69 Å². The first-order valence-corrected chi connectivity index (χ1v) is 5.44. The average molecular weight is 285 g/mol. The maximum absolute atomic E-state index is 12.5. The van der Waals surface area contributed by atoms with Crippen molar-refractivity contribution in [3.05, 3.63) is 41.7 Å². The number of nitrogens with two attached hydrogens (primary N) is 1. The smallest absolute Gasteiger partial charge is 0.435 e. The van der Waals surface area contributed by atoms with Crippen LogP contribution in [0, 0.1) is 0 Å². The summed E-state index contributed by atoms with van der Waals surface area (Å²) in [6, 6.07) is 4.99. The molecule has 0 aliphatic carbocycles. The quantitative estimate of drug-likeness (QED) is 0.678. The van der Waals surface area contributed by atoms with Crippen molar-refractivity contribution in [1.82, 2.24) is 9.78 Å². The van der Waals surface area contributed by atoms with Crippen LogP contribution in [0.25, 0.3) is 5.69 Å². The fraction of sp³-hybridized carbons (Fsp3) is 0.167. The van der Waals surface area contributed by atoms with Gasteiger partial charge in [-0.3, -0.25) is 0 Å². The molecule has 1 aromatic heterocycles. The zero-order valence-corrected chi connectivity index (χ0v) is 10.3. The molecule has 0 fully saturated rings. The lowest BCUT2D eigenvalue weighted by atomic mass is 10.1. The van der Waals surface area contributed by atoms with Gasteiger partial charge >= 0.3 is 12.1 Å². The summed E-state index contributed by atoms with van der Waals surface area (Å²) in [4.78, 5) is 11.6. The molecule has 2 aromatic rings. The summed E-state index contributed by atoms with van der Waals surface area (Å²) in [5.74, 6) is -0.712. The third-order valence-corrected chi connectivity index (χ3v) is 2.55. The van der Waals surface area contributed by atoms with E-state index in [9.17, 15) is 18.0 Å². The van der Waals surface area contributed by atoms with Gasteiger partial charge in [-0.05, 0) is 24.3 Å². The van der Waals surface area contributed by atoms with Crippen LogP contribution in [-0.2, 0) is 10.9 Å². The number of carbonyl (C=O) groups excluding carboxylic acids is 1. The number of hydrogen-bond acceptors (Lipinski definition) is 4. The Morgan fingerprint density at radius 3 is 2.60 bits per heavy atom. The van der Waals surface area contributed by atoms with E-state index in [1.54, 1.807) is 0 Å². The normalized spacial score (nSPS) is 11.4. The summed E-state index contributed by atoms with van der Waals surface area (Å²) in [6.07, 6.45) is -3.44. The second-order valence-electron chi connectivity index (χ2n) is 3.91. The topological polar surface area (TPSA) is 70.1 Å². The molecule has 2 N–H and O–H groups in total. The first kappa shape index (κ1) is 13.9. The number of nitrogens with zero attached hydrogens (tertiary/aromatic N) is 2. The molecular weight excluding hydrogens is 275 g/mol. The van der Waals surface area contributed by atoms with Crippen LogP contribution >= 0.6 is 0 Å². The number of methoxy groups -OCH3 is 1. The van der Waals surface area contributed by atoms with Crippen molar-refractivity contribution >= 4 is 11.7 Å². The Hall–Kier alpha value is -2.51. The van der Waals surface area contributed by atoms with Crippen LogP contribution in [0.5, 0.6) is 0 Å². The lowest BCUT2D eigenvalue weighted by molar-refractivity contribution is -0.141. The molecule has 0 spiro atoms. The van der Waals surface area contributed by atoms with Crippen LogP contribution in [0.1, 0.15) is 16.1 Å². The van der Waals surface area contributed by atoms with Crippen LogP contribution in [0.2, 0.25) is 0 Å². The van der Waals surface area contributed by atoms with Gasteiger partial charge in [0.05, 0.1) is 18.4 Å². The third kappa shape index (κ3) is 2.58. The van der Waals surface area contributed by atoms with Gasteiger partial charge in [0.2, 0.25) is 0 Å². The minimum Gasteiger partial charge on any atom is -0.465 e.